The minimum atomic E-state index is 0.0550. The van der Waals surface area contributed by atoms with Crippen molar-refractivity contribution in [2.45, 2.75) is 26.7 Å². The molecule has 0 atom stereocenters. The standard InChI is InChI=1S/C7H14NO/c1-3-5-7(9)8-6-4-2/h5H,3-4,6H2,1-2H3,(H,8,9). The van der Waals surface area contributed by atoms with Gasteiger partial charge in [-0.05, 0) is 12.8 Å². The number of amides is 1. The van der Waals surface area contributed by atoms with Crippen molar-refractivity contribution >= 4 is 5.91 Å². The number of carbonyl (C=O) groups is 1. The molecule has 0 aromatic rings. The van der Waals surface area contributed by atoms with E-state index >= 15 is 0 Å². The van der Waals surface area contributed by atoms with Crippen LogP contribution in [0.25, 0.3) is 0 Å². The van der Waals surface area contributed by atoms with Gasteiger partial charge in [-0.2, -0.15) is 0 Å². The predicted molar refractivity (Wildman–Crippen MR) is 37.9 cm³/mol. The molecular weight excluding hydrogens is 114 g/mol. The van der Waals surface area contributed by atoms with Crippen molar-refractivity contribution in [3.63, 3.8) is 0 Å². The monoisotopic (exact) mass is 128 g/mol. The number of rotatable bonds is 4. The van der Waals surface area contributed by atoms with E-state index in [1.54, 1.807) is 6.42 Å². The summed E-state index contributed by atoms with van der Waals surface area (Å²) in [5, 5.41) is 2.74. The zero-order valence-electron chi connectivity index (χ0n) is 6.11. The number of hydrogen-bond donors (Lipinski definition) is 1. The Bertz CT molecular complexity index is 81.0. The molecule has 0 unspecified atom stereocenters. The quantitative estimate of drug-likeness (QED) is 0.604. The van der Waals surface area contributed by atoms with Gasteiger partial charge in [-0.15, -0.1) is 0 Å². The second-order valence-electron chi connectivity index (χ2n) is 1.90. The highest BCUT2D eigenvalue weighted by Gasteiger charge is 1.94. The van der Waals surface area contributed by atoms with Gasteiger partial charge in [-0.25, -0.2) is 0 Å². The summed E-state index contributed by atoms with van der Waals surface area (Å²) in [5.41, 5.74) is 0. The molecule has 1 radical (unpaired) electrons. The lowest BCUT2D eigenvalue weighted by Gasteiger charge is -1.98. The van der Waals surface area contributed by atoms with Crippen LogP contribution in [0, 0.1) is 6.42 Å². The van der Waals surface area contributed by atoms with Crippen LogP contribution in [0.15, 0.2) is 0 Å². The molecule has 0 saturated carbocycles. The topological polar surface area (TPSA) is 29.1 Å². The van der Waals surface area contributed by atoms with Crippen molar-refractivity contribution < 1.29 is 4.79 Å². The Balaban J connectivity index is 3.06. The molecular formula is C7H14NO. The predicted octanol–water partition coefficient (Wildman–Crippen LogP) is 1.13. The van der Waals surface area contributed by atoms with Gasteiger partial charge in [0.25, 0.3) is 0 Å². The Morgan fingerprint density at radius 1 is 1.56 bits per heavy atom. The lowest BCUT2D eigenvalue weighted by Crippen LogP contribution is -2.23. The first-order chi connectivity index (χ1) is 4.31. The summed E-state index contributed by atoms with van der Waals surface area (Å²) < 4.78 is 0. The summed E-state index contributed by atoms with van der Waals surface area (Å²) in [6.07, 6.45) is 3.47. The van der Waals surface area contributed by atoms with Crippen LogP contribution in [0.3, 0.4) is 0 Å². The van der Waals surface area contributed by atoms with E-state index in [2.05, 4.69) is 5.32 Å². The normalized spacial score (nSPS) is 9.11. The van der Waals surface area contributed by atoms with Crippen LogP contribution in [0.4, 0.5) is 0 Å². The van der Waals surface area contributed by atoms with E-state index in [4.69, 9.17) is 0 Å². The first-order valence-corrected chi connectivity index (χ1v) is 3.42. The molecule has 1 amide bonds. The molecule has 0 aromatic heterocycles. The molecule has 53 valence electrons. The van der Waals surface area contributed by atoms with Gasteiger partial charge >= 0.3 is 0 Å². The van der Waals surface area contributed by atoms with Gasteiger partial charge in [0.2, 0.25) is 5.91 Å². The summed E-state index contributed by atoms with van der Waals surface area (Å²) in [5.74, 6) is 0.0550. The Labute approximate surface area is 56.6 Å². The van der Waals surface area contributed by atoms with Crippen molar-refractivity contribution in [2.75, 3.05) is 6.54 Å². The van der Waals surface area contributed by atoms with Gasteiger partial charge in [-0.1, -0.05) is 13.8 Å². The van der Waals surface area contributed by atoms with E-state index in [1.807, 2.05) is 13.8 Å². The minimum absolute atomic E-state index is 0.0550. The van der Waals surface area contributed by atoms with E-state index in [9.17, 15) is 4.79 Å². The van der Waals surface area contributed by atoms with Gasteiger partial charge in [-0.3, -0.25) is 4.79 Å². The van der Waals surface area contributed by atoms with Crippen LogP contribution in [0.5, 0.6) is 0 Å². The van der Waals surface area contributed by atoms with Crippen LogP contribution in [-0.2, 0) is 4.79 Å². The lowest BCUT2D eigenvalue weighted by molar-refractivity contribution is -0.117. The van der Waals surface area contributed by atoms with Crippen LogP contribution < -0.4 is 5.32 Å². The van der Waals surface area contributed by atoms with Crippen LogP contribution in [0.1, 0.15) is 26.7 Å². The Kier molecular flexibility index (Phi) is 5.27. The van der Waals surface area contributed by atoms with Crippen molar-refractivity contribution in [3.05, 3.63) is 6.42 Å². The highest BCUT2D eigenvalue weighted by molar-refractivity contribution is 5.84. The average Bonchev–Trinajstić information content (AvgIpc) is 1.85. The number of nitrogens with one attached hydrogen (secondary N) is 1. The minimum Gasteiger partial charge on any atom is -0.356 e. The van der Waals surface area contributed by atoms with Gasteiger partial charge in [0.15, 0.2) is 0 Å². The van der Waals surface area contributed by atoms with Gasteiger partial charge in [0, 0.05) is 13.0 Å². The maximum absolute atomic E-state index is 10.6. The Hall–Kier alpha value is -0.530. The second kappa shape index (κ2) is 5.60. The molecule has 0 saturated heterocycles. The first kappa shape index (κ1) is 8.47. The highest BCUT2D eigenvalue weighted by Crippen LogP contribution is 1.83. The van der Waals surface area contributed by atoms with Crippen molar-refractivity contribution in [2.24, 2.45) is 0 Å². The fraction of sp³-hybridized carbons (Fsp3) is 0.714. The molecule has 2 nitrogen and oxygen atoms in total. The SMILES string of the molecule is CC[CH]C(=O)NCCC. The molecule has 0 aliphatic heterocycles. The van der Waals surface area contributed by atoms with E-state index in [1.165, 1.54) is 0 Å². The molecule has 0 rings (SSSR count). The Morgan fingerprint density at radius 3 is 2.67 bits per heavy atom. The third-order valence-electron chi connectivity index (χ3n) is 0.939. The lowest BCUT2D eigenvalue weighted by atomic mass is 10.3. The first-order valence-electron chi connectivity index (χ1n) is 3.42. The van der Waals surface area contributed by atoms with Crippen LogP contribution in [0.2, 0.25) is 0 Å². The third kappa shape index (κ3) is 5.34. The van der Waals surface area contributed by atoms with Gasteiger partial charge in [0.1, 0.15) is 0 Å². The summed E-state index contributed by atoms with van der Waals surface area (Å²) in [4.78, 5) is 10.6. The summed E-state index contributed by atoms with van der Waals surface area (Å²) in [6, 6.07) is 0. The molecule has 0 aliphatic rings. The zero-order valence-corrected chi connectivity index (χ0v) is 6.11. The molecule has 0 aromatic carbocycles. The van der Waals surface area contributed by atoms with Crippen LogP contribution in [-0.4, -0.2) is 12.5 Å². The summed E-state index contributed by atoms with van der Waals surface area (Å²) in [6.45, 7) is 4.77. The molecule has 1 N–H and O–H groups in total. The highest BCUT2D eigenvalue weighted by atomic mass is 16.1. The largest absolute Gasteiger partial charge is 0.356 e. The average molecular weight is 128 g/mol. The fourth-order valence-corrected chi connectivity index (χ4v) is 0.506. The fourth-order valence-electron chi connectivity index (χ4n) is 0.506. The Morgan fingerprint density at radius 2 is 2.22 bits per heavy atom. The molecule has 9 heavy (non-hydrogen) atoms. The van der Waals surface area contributed by atoms with E-state index in [0.717, 1.165) is 19.4 Å². The van der Waals surface area contributed by atoms with Gasteiger partial charge < -0.3 is 5.32 Å². The van der Waals surface area contributed by atoms with E-state index in [-0.39, 0.29) is 5.91 Å². The maximum Gasteiger partial charge on any atom is 0.223 e. The number of carbonyl (C=O) groups excluding carboxylic acids is 1. The molecule has 0 heterocycles. The third-order valence-corrected chi connectivity index (χ3v) is 0.939. The molecule has 0 spiro atoms. The van der Waals surface area contributed by atoms with E-state index in [0.29, 0.717) is 0 Å². The van der Waals surface area contributed by atoms with Gasteiger partial charge in [0.05, 0.1) is 0 Å². The van der Waals surface area contributed by atoms with Crippen LogP contribution >= 0.6 is 0 Å². The summed E-state index contributed by atoms with van der Waals surface area (Å²) in [7, 11) is 0. The second-order valence-corrected chi connectivity index (χ2v) is 1.90. The van der Waals surface area contributed by atoms with E-state index < -0.39 is 0 Å². The molecule has 0 fully saturated rings. The molecule has 0 aliphatic carbocycles. The summed E-state index contributed by atoms with van der Waals surface area (Å²) >= 11 is 0. The number of hydrogen-bond acceptors (Lipinski definition) is 1. The molecule has 0 bridgehead atoms. The smallest absolute Gasteiger partial charge is 0.223 e. The maximum atomic E-state index is 10.6. The van der Waals surface area contributed by atoms with Crippen molar-refractivity contribution in [1.29, 1.82) is 0 Å². The van der Waals surface area contributed by atoms with Crippen molar-refractivity contribution in [3.8, 4) is 0 Å². The van der Waals surface area contributed by atoms with Crippen molar-refractivity contribution in [1.82, 2.24) is 5.32 Å². The molecule has 2 heteroatoms. The zero-order chi connectivity index (χ0) is 7.11.